The number of nitrogens with zero attached hydrogens (tertiary/aromatic N) is 2. The SMILES string of the molecule is Cc1cc(OC2CCCN(C(C)(C)C)C2)no1. The molecule has 0 bridgehead atoms. The molecule has 0 aliphatic carbocycles. The Hall–Kier alpha value is -1.03. The lowest BCUT2D eigenvalue weighted by atomic mass is 9.99. The quantitative estimate of drug-likeness (QED) is 0.794. The topological polar surface area (TPSA) is 38.5 Å². The van der Waals surface area contributed by atoms with E-state index in [1.165, 1.54) is 6.42 Å². The van der Waals surface area contributed by atoms with Crippen LogP contribution in [0.3, 0.4) is 0 Å². The molecule has 1 unspecified atom stereocenters. The second-order valence-corrected chi connectivity index (χ2v) is 5.77. The second kappa shape index (κ2) is 4.69. The number of likely N-dealkylation sites (tertiary alicyclic amines) is 1. The molecule has 96 valence electrons. The first-order valence-electron chi connectivity index (χ1n) is 6.30. The Bertz CT molecular complexity index is 368. The summed E-state index contributed by atoms with van der Waals surface area (Å²) in [5.74, 6) is 1.41. The third-order valence-corrected chi connectivity index (χ3v) is 3.22. The van der Waals surface area contributed by atoms with Crippen LogP contribution in [-0.2, 0) is 0 Å². The molecule has 2 heterocycles. The van der Waals surface area contributed by atoms with Crippen LogP contribution >= 0.6 is 0 Å². The van der Waals surface area contributed by atoms with E-state index >= 15 is 0 Å². The fraction of sp³-hybridized carbons (Fsp3) is 0.769. The minimum Gasteiger partial charge on any atom is -0.471 e. The molecule has 0 radical (unpaired) electrons. The zero-order valence-corrected chi connectivity index (χ0v) is 11.2. The maximum absolute atomic E-state index is 5.86. The molecule has 2 rings (SSSR count). The molecule has 4 heteroatoms. The first kappa shape index (κ1) is 12.4. The van der Waals surface area contributed by atoms with E-state index in [1.807, 2.05) is 13.0 Å². The Balaban J connectivity index is 1.94. The first-order chi connectivity index (χ1) is 7.95. The number of aryl methyl sites for hydroxylation is 1. The molecular formula is C13H22N2O2. The van der Waals surface area contributed by atoms with E-state index in [1.54, 1.807) is 0 Å². The molecule has 4 nitrogen and oxygen atoms in total. The molecule has 1 aliphatic heterocycles. The lowest BCUT2D eigenvalue weighted by Crippen LogP contribution is -2.50. The van der Waals surface area contributed by atoms with Crippen LogP contribution in [0.4, 0.5) is 0 Å². The van der Waals surface area contributed by atoms with Gasteiger partial charge in [-0.1, -0.05) is 0 Å². The molecule has 0 aromatic carbocycles. The summed E-state index contributed by atoms with van der Waals surface area (Å²) in [6.45, 7) is 10.7. The first-order valence-corrected chi connectivity index (χ1v) is 6.30. The van der Waals surface area contributed by atoms with Crippen molar-refractivity contribution in [1.29, 1.82) is 0 Å². The van der Waals surface area contributed by atoms with Gasteiger partial charge in [-0.25, -0.2) is 0 Å². The van der Waals surface area contributed by atoms with Gasteiger partial charge in [-0.15, -0.1) is 0 Å². The zero-order valence-electron chi connectivity index (χ0n) is 11.2. The fourth-order valence-electron chi connectivity index (χ4n) is 2.21. The van der Waals surface area contributed by atoms with Crippen LogP contribution in [0.15, 0.2) is 10.6 Å². The molecule has 0 amide bonds. The summed E-state index contributed by atoms with van der Waals surface area (Å²) < 4.78 is 10.9. The van der Waals surface area contributed by atoms with Gasteiger partial charge in [0.05, 0.1) is 0 Å². The minimum absolute atomic E-state index is 0.210. The smallest absolute Gasteiger partial charge is 0.254 e. The summed E-state index contributed by atoms with van der Waals surface area (Å²) in [6.07, 6.45) is 2.50. The number of hydrogen-bond donors (Lipinski definition) is 0. The summed E-state index contributed by atoms with van der Waals surface area (Å²) in [5.41, 5.74) is 0.210. The van der Waals surface area contributed by atoms with Crippen molar-refractivity contribution in [1.82, 2.24) is 10.1 Å². The maximum atomic E-state index is 5.86. The lowest BCUT2D eigenvalue weighted by Gasteiger charge is -2.41. The Morgan fingerprint density at radius 3 is 2.82 bits per heavy atom. The fourth-order valence-corrected chi connectivity index (χ4v) is 2.21. The van der Waals surface area contributed by atoms with E-state index in [-0.39, 0.29) is 11.6 Å². The summed E-state index contributed by atoms with van der Waals surface area (Å²) in [6, 6.07) is 1.84. The largest absolute Gasteiger partial charge is 0.471 e. The highest BCUT2D eigenvalue weighted by Gasteiger charge is 2.29. The van der Waals surface area contributed by atoms with E-state index in [0.717, 1.165) is 25.3 Å². The number of aromatic nitrogens is 1. The average molecular weight is 238 g/mol. The van der Waals surface area contributed by atoms with Crippen LogP contribution in [-0.4, -0.2) is 34.8 Å². The summed E-state index contributed by atoms with van der Waals surface area (Å²) in [5, 5.41) is 3.88. The Kier molecular flexibility index (Phi) is 3.43. The van der Waals surface area contributed by atoms with Gasteiger partial charge in [-0.05, 0) is 52.2 Å². The summed E-state index contributed by atoms with van der Waals surface area (Å²) >= 11 is 0. The monoisotopic (exact) mass is 238 g/mol. The molecule has 0 N–H and O–H groups in total. The lowest BCUT2D eigenvalue weighted by molar-refractivity contribution is 0.0312. The van der Waals surface area contributed by atoms with Crippen LogP contribution in [0, 0.1) is 6.92 Å². The van der Waals surface area contributed by atoms with E-state index in [4.69, 9.17) is 9.26 Å². The molecule has 1 fully saturated rings. The number of rotatable bonds is 2. The Morgan fingerprint density at radius 2 is 2.24 bits per heavy atom. The van der Waals surface area contributed by atoms with E-state index in [9.17, 15) is 0 Å². The average Bonchev–Trinajstić information content (AvgIpc) is 2.63. The Labute approximate surface area is 103 Å². The molecule has 0 spiro atoms. The van der Waals surface area contributed by atoms with Gasteiger partial charge >= 0.3 is 0 Å². The Morgan fingerprint density at radius 1 is 1.47 bits per heavy atom. The second-order valence-electron chi connectivity index (χ2n) is 5.77. The van der Waals surface area contributed by atoms with Gasteiger partial charge in [-0.3, -0.25) is 4.90 Å². The van der Waals surface area contributed by atoms with Crippen LogP contribution < -0.4 is 4.74 Å². The standard InChI is InChI=1S/C13H22N2O2/c1-10-8-12(14-17-10)16-11-6-5-7-15(9-11)13(2,3)4/h8,11H,5-7,9H2,1-4H3. The number of piperidine rings is 1. The highest BCUT2D eigenvalue weighted by molar-refractivity contribution is 5.10. The van der Waals surface area contributed by atoms with Crippen molar-refractivity contribution in [2.45, 2.75) is 52.2 Å². The third-order valence-electron chi connectivity index (χ3n) is 3.22. The van der Waals surface area contributed by atoms with Crippen LogP contribution in [0.2, 0.25) is 0 Å². The van der Waals surface area contributed by atoms with Gasteiger partial charge in [-0.2, -0.15) is 0 Å². The predicted octanol–water partition coefficient (Wildman–Crippen LogP) is 2.62. The van der Waals surface area contributed by atoms with Crippen molar-refractivity contribution < 1.29 is 9.26 Å². The van der Waals surface area contributed by atoms with Gasteiger partial charge in [0.15, 0.2) is 0 Å². The predicted molar refractivity (Wildman–Crippen MR) is 66.2 cm³/mol. The maximum Gasteiger partial charge on any atom is 0.254 e. The molecule has 1 atom stereocenters. The van der Waals surface area contributed by atoms with Gasteiger partial charge in [0.2, 0.25) is 0 Å². The molecule has 1 aromatic heterocycles. The molecule has 1 aromatic rings. The molecule has 17 heavy (non-hydrogen) atoms. The molecular weight excluding hydrogens is 216 g/mol. The highest BCUT2D eigenvalue weighted by atomic mass is 16.5. The van der Waals surface area contributed by atoms with Gasteiger partial charge < -0.3 is 9.26 Å². The molecule has 0 saturated carbocycles. The normalized spacial score (nSPS) is 22.7. The highest BCUT2D eigenvalue weighted by Crippen LogP contribution is 2.23. The van der Waals surface area contributed by atoms with Crippen molar-refractivity contribution >= 4 is 0 Å². The van der Waals surface area contributed by atoms with E-state index < -0.39 is 0 Å². The van der Waals surface area contributed by atoms with Crippen LogP contribution in [0.1, 0.15) is 39.4 Å². The van der Waals surface area contributed by atoms with Gasteiger partial charge in [0, 0.05) is 18.2 Å². The van der Waals surface area contributed by atoms with Crippen molar-refractivity contribution in [2.24, 2.45) is 0 Å². The van der Waals surface area contributed by atoms with Gasteiger partial charge in [0.25, 0.3) is 5.88 Å². The summed E-state index contributed by atoms with van der Waals surface area (Å²) in [4.78, 5) is 2.47. The zero-order chi connectivity index (χ0) is 12.5. The third kappa shape index (κ3) is 3.22. The van der Waals surface area contributed by atoms with E-state index in [2.05, 4.69) is 30.8 Å². The molecule has 1 saturated heterocycles. The minimum atomic E-state index is 0.210. The van der Waals surface area contributed by atoms with Crippen LogP contribution in [0.25, 0.3) is 0 Å². The number of hydrogen-bond acceptors (Lipinski definition) is 4. The van der Waals surface area contributed by atoms with Crippen LogP contribution in [0.5, 0.6) is 5.88 Å². The van der Waals surface area contributed by atoms with E-state index in [0.29, 0.717) is 5.88 Å². The molecule has 1 aliphatic rings. The summed E-state index contributed by atoms with van der Waals surface area (Å²) in [7, 11) is 0. The van der Waals surface area contributed by atoms with Gasteiger partial charge in [0.1, 0.15) is 11.9 Å². The van der Waals surface area contributed by atoms with Crippen molar-refractivity contribution in [2.75, 3.05) is 13.1 Å². The van der Waals surface area contributed by atoms with Crippen molar-refractivity contribution in [3.8, 4) is 5.88 Å². The van der Waals surface area contributed by atoms with Crippen molar-refractivity contribution in [3.63, 3.8) is 0 Å². The number of ether oxygens (including phenoxy) is 1. The van der Waals surface area contributed by atoms with Crippen molar-refractivity contribution in [3.05, 3.63) is 11.8 Å².